The molecular formula is C7H12N2O2. The largest absolute Gasteiger partial charge is 0.345 e. The maximum Gasteiger partial charge on any atom is 0.243 e. The summed E-state index contributed by atoms with van der Waals surface area (Å²) in [5, 5.41) is 4.35. The minimum Gasteiger partial charge on any atom is -0.345 e. The molecule has 62 valence electrons. The van der Waals surface area contributed by atoms with Gasteiger partial charge in [-0.2, -0.15) is 0 Å². The molecule has 4 nitrogen and oxygen atoms in total. The molecular weight excluding hydrogens is 144 g/mol. The Hall–Kier alpha value is -1.06. The van der Waals surface area contributed by atoms with E-state index in [0.29, 0.717) is 0 Å². The fraction of sp³-hybridized carbons (Fsp3) is 0.714. The Morgan fingerprint density at radius 3 is 2.82 bits per heavy atom. The Morgan fingerprint density at radius 1 is 1.64 bits per heavy atom. The summed E-state index contributed by atoms with van der Waals surface area (Å²) in [6.45, 7) is 1.29. The van der Waals surface area contributed by atoms with Crippen LogP contribution in [0.25, 0.3) is 0 Å². The van der Waals surface area contributed by atoms with Crippen molar-refractivity contribution in [3.05, 3.63) is 0 Å². The lowest BCUT2D eigenvalue weighted by atomic mass is 10.0. The van der Waals surface area contributed by atoms with Crippen LogP contribution >= 0.6 is 0 Å². The van der Waals surface area contributed by atoms with E-state index in [4.69, 9.17) is 2.74 Å². The molecule has 1 aliphatic rings. The molecule has 0 radical (unpaired) electrons. The van der Waals surface area contributed by atoms with Gasteiger partial charge in [-0.15, -0.1) is 0 Å². The Morgan fingerprint density at radius 2 is 2.27 bits per heavy atom. The van der Waals surface area contributed by atoms with Gasteiger partial charge in [-0.05, 0) is 5.92 Å². The molecule has 2 amide bonds. The zero-order valence-corrected chi connectivity index (χ0v) is 6.47. The number of carbonyl (C=O) groups excluding carboxylic acids is 2. The Balaban J connectivity index is 2.80. The minimum atomic E-state index is -2.28. The van der Waals surface area contributed by atoms with Gasteiger partial charge >= 0.3 is 0 Å². The summed E-state index contributed by atoms with van der Waals surface area (Å²) >= 11 is 0. The summed E-state index contributed by atoms with van der Waals surface area (Å²) in [7, 11) is 0. The molecule has 4 heteroatoms. The third kappa shape index (κ3) is 1.69. The summed E-state index contributed by atoms with van der Waals surface area (Å²) in [4.78, 5) is 22.3. The average molecular weight is 158 g/mol. The first kappa shape index (κ1) is 5.57. The molecule has 1 fully saturated rings. The summed E-state index contributed by atoms with van der Waals surface area (Å²) in [5.41, 5.74) is 0. The molecule has 1 heterocycles. The van der Waals surface area contributed by atoms with Crippen molar-refractivity contribution in [3.63, 3.8) is 0 Å². The molecule has 0 aromatic rings. The van der Waals surface area contributed by atoms with Crippen LogP contribution in [0.15, 0.2) is 0 Å². The first-order valence-electron chi connectivity index (χ1n) is 4.47. The Labute approximate surface area is 68.2 Å². The maximum atomic E-state index is 11.2. The van der Waals surface area contributed by atoms with Crippen LogP contribution in [0.2, 0.25) is 0 Å². The lowest BCUT2D eigenvalue weighted by Gasteiger charge is -2.25. The third-order valence-electron chi connectivity index (χ3n) is 1.53. The molecule has 11 heavy (non-hydrogen) atoms. The van der Waals surface area contributed by atoms with Crippen LogP contribution in [-0.4, -0.2) is 24.4 Å². The number of nitrogens with one attached hydrogen (secondary N) is 2. The van der Waals surface area contributed by atoms with E-state index >= 15 is 0 Å². The topological polar surface area (TPSA) is 58.2 Å². The van der Waals surface area contributed by atoms with Gasteiger partial charge in [0.2, 0.25) is 11.8 Å². The molecule has 0 spiro atoms. The smallest absolute Gasteiger partial charge is 0.243 e. The summed E-state index contributed by atoms with van der Waals surface area (Å²) < 4.78 is 14.2. The Bertz CT molecular complexity index is 253. The predicted molar refractivity (Wildman–Crippen MR) is 39.8 cm³/mol. The van der Waals surface area contributed by atoms with Crippen molar-refractivity contribution in [3.8, 4) is 0 Å². The van der Waals surface area contributed by atoms with E-state index in [-0.39, 0.29) is 5.92 Å². The normalized spacial score (nSPS) is 32.1. The van der Waals surface area contributed by atoms with E-state index in [0.717, 1.165) is 0 Å². The highest BCUT2D eigenvalue weighted by Crippen LogP contribution is 2.03. The fourth-order valence-electron chi connectivity index (χ4n) is 0.908. The van der Waals surface area contributed by atoms with E-state index in [1.54, 1.807) is 13.8 Å². The van der Waals surface area contributed by atoms with E-state index in [9.17, 15) is 9.59 Å². The van der Waals surface area contributed by atoms with Gasteiger partial charge in [-0.1, -0.05) is 13.8 Å². The van der Waals surface area contributed by atoms with Crippen molar-refractivity contribution in [1.29, 1.82) is 0 Å². The van der Waals surface area contributed by atoms with Crippen molar-refractivity contribution in [2.75, 3.05) is 6.50 Å². The number of piperazine rings is 1. The van der Waals surface area contributed by atoms with Crippen molar-refractivity contribution in [2.45, 2.75) is 19.9 Å². The van der Waals surface area contributed by atoms with E-state index < -0.39 is 24.4 Å². The van der Waals surface area contributed by atoms with Crippen LogP contribution in [0, 0.1) is 5.92 Å². The molecule has 0 bridgehead atoms. The quantitative estimate of drug-likeness (QED) is 0.528. The third-order valence-corrected chi connectivity index (χ3v) is 1.53. The molecule has 0 aliphatic carbocycles. The lowest BCUT2D eigenvalue weighted by molar-refractivity contribution is -0.134. The van der Waals surface area contributed by atoms with Crippen molar-refractivity contribution < 1.29 is 12.3 Å². The zero-order valence-electron chi connectivity index (χ0n) is 8.47. The van der Waals surface area contributed by atoms with Gasteiger partial charge in [0.1, 0.15) is 6.04 Å². The van der Waals surface area contributed by atoms with Crippen LogP contribution in [0.1, 0.15) is 16.6 Å². The second-order valence-electron chi connectivity index (χ2n) is 2.81. The first-order valence-corrected chi connectivity index (χ1v) is 3.47. The first-order chi connectivity index (χ1) is 5.84. The molecule has 0 unspecified atom stereocenters. The maximum absolute atomic E-state index is 11.2. The lowest BCUT2D eigenvalue weighted by Crippen LogP contribution is -2.58. The van der Waals surface area contributed by atoms with E-state index in [2.05, 4.69) is 5.32 Å². The van der Waals surface area contributed by atoms with E-state index in [1.807, 2.05) is 5.32 Å². The van der Waals surface area contributed by atoms with Gasteiger partial charge in [0.05, 0.1) is 9.24 Å². The van der Waals surface area contributed by atoms with Crippen molar-refractivity contribution in [2.24, 2.45) is 5.92 Å². The molecule has 1 atom stereocenters. The molecule has 0 aromatic carbocycles. The molecule has 2 N–H and O–H groups in total. The van der Waals surface area contributed by atoms with Crippen LogP contribution in [0.4, 0.5) is 0 Å². The van der Waals surface area contributed by atoms with Crippen molar-refractivity contribution >= 4 is 11.8 Å². The highest BCUT2D eigenvalue weighted by Gasteiger charge is 2.27. The van der Waals surface area contributed by atoms with Crippen LogP contribution in [0.3, 0.4) is 0 Å². The van der Waals surface area contributed by atoms with Crippen LogP contribution in [0.5, 0.6) is 0 Å². The molecule has 1 rings (SSSR count). The molecule has 1 aliphatic heterocycles. The van der Waals surface area contributed by atoms with Crippen LogP contribution < -0.4 is 10.6 Å². The summed E-state index contributed by atoms with van der Waals surface area (Å²) in [6.07, 6.45) is 0. The predicted octanol–water partition coefficient (Wildman–Crippen LogP) is -0.743. The fourth-order valence-corrected chi connectivity index (χ4v) is 0.908. The number of carbonyl (C=O) groups is 2. The molecule has 0 saturated carbocycles. The van der Waals surface area contributed by atoms with Crippen molar-refractivity contribution in [1.82, 2.24) is 10.6 Å². The minimum absolute atomic E-state index is 0.0416. The standard InChI is InChI=1S/C7H12N2O2/c1-4(2)6-7(11)8-3-5(10)9-6/h4,6H,3H2,1-2H3,(H,8,11)(H,9,10)/t6-/m0/s1/i3D2. The van der Waals surface area contributed by atoms with Gasteiger partial charge in [0.15, 0.2) is 0 Å². The molecule has 0 aromatic heterocycles. The highest BCUT2D eigenvalue weighted by atomic mass is 16.2. The number of hydrogen-bond acceptors (Lipinski definition) is 2. The van der Waals surface area contributed by atoms with Gasteiger partial charge in [-0.3, -0.25) is 9.59 Å². The Kier molecular flexibility index (Phi) is 1.47. The van der Waals surface area contributed by atoms with Gasteiger partial charge in [0, 0.05) is 0 Å². The second-order valence-corrected chi connectivity index (χ2v) is 2.81. The summed E-state index contributed by atoms with van der Waals surface area (Å²) in [6, 6.07) is -0.628. The monoisotopic (exact) mass is 158 g/mol. The second kappa shape index (κ2) is 2.90. The van der Waals surface area contributed by atoms with Gasteiger partial charge in [0.25, 0.3) is 0 Å². The number of hydrogen-bond donors (Lipinski definition) is 2. The van der Waals surface area contributed by atoms with Gasteiger partial charge < -0.3 is 10.6 Å². The number of amides is 2. The van der Waals surface area contributed by atoms with Crippen LogP contribution in [-0.2, 0) is 9.59 Å². The average Bonchev–Trinajstić information content (AvgIpc) is 1.95. The summed E-state index contributed by atoms with van der Waals surface area (Å²) in [5.74, 6) is -1.30. The zero-order chi connectivity index (χ0) is 10.2. The molecule has 1 saturated heterocycles. The van der Waals surface area contributed by atoms with Gasteiger partial charge in [-0.25, -0.2) is 0 Å². The number of rotatable bonds is 1. The highest BCUT2D eigenvalue weighted by molar-refractivity contribution is 5.94. The SMILES string of the molecule is [2H]C1([2H])NC(=O)[C@H](C(C)C)NC1=O. The van der Waals surface area contributed by atoms with E-state index in [1.165, 1.54) is 0 Å².